The number of amides is 2. The van der Waals surface area contributed by atoms with Gasteiger partial charge in [-0.3, -0.25) is 14.5 Å². The van der Waals surface area contributed by atoms with Crippen molar-refractivity contribution in [3.8, 4) is 0 Å². The molecule has 3 rings (SSSR count). The Morgan fingerprint density at radius 2 is 2.09 bits per heavy atom. The SMILES string of the molecule is CS(=O)(=O)c1ccc2c(c1)NC(=O)CN2C(=O)c1cccs1. The Bertz CT molecular complexity index is 857. The van der Waals surface area contributed by atoms with E-state index in [4.69, 9.17) is 0 Å². The van der Waals surface area contributed by atoms with Gasteiger partial charge in [-0.15, -0.1) is 11.3 Å². The van der Waals surface area contributed by atoms with Crippen LogP contribution in [-0.4, -0.2) is 33.0 Å². The van der Waals surface area contributed by atoms with Crippen molar-refractivity contribution in [2.75, 3.05) is 23.0 Å². The summed E-state index contributed by atoms with van der Waals surface area (Å²) in [7, 11) is -3.39. The average molecular weight is 336 g/mol. The van der Waals surface area contributed by atoms with Gasteiger partial charge in [0, 0.05) is 6.26 Å². The second-order valence-corrected chi connectivity index (χ2v) is 7.83. The van der Waals surface area contributed by atoms with Crippen LogP contribution < -0.4 is 10.2 Å². The number of nitrogens with one attached hydrogen (secondary N) is 1. The molecule has 2 amide bonds. The Kier molecular flexibility index (Phi) is 3.50. The number of anilines is 2. The average Bonchev–Trinajstić information content (AvgIpc) is 2.98. The fourth-order valence-electron chi connectivity index (χ4n) is 2.21. The Balaban J connectivity index is 2.07. The number of sulfone groups is 1. The van der Waals surface area contributed by atoms with Gasteiger partial charge in [0.15, 0.2) is 9.84 Å². The van der Waals surface area contributed by atoms with Crippen LogP contribution in [0.2, 0.25) is 0 Å². The van der Waals surface area contributed by atoms with Crippen LogP contribution in [0.25, 0.3) is 0 Å². The fourth-order valence-corrected chi connectivity index (χ4v) is 3.53. The number of benzene rings is 1. The predicted molar refractivity (Wildman–Crippen MR) is 84.2 cm³/mol. The summed E-state index contributed by atoms with van der Waals surface area (Å²) in [5.74, 6) is -0.638. The molecule has 8 heteroatoms. The van der Waals surface area contributed by atoms with Crippen LogP contribution in [0.1, 0.15) is 9.67 Å². The minimum absolute atomic E-state index is 0.0944. The molecule has 0 spiro atoms. The van der Waals surface area contributed by atoms with Crippen molar-refractivity contribution >= 4 is 44.4 Å². The first kappa shape index (κ1) is 14.7. The maximum atomic E-state index is 12.5. The van der Waals surface area contributed by atoms with Gasteiger partial charge in [-0.25, -0.2) is 8.42 Å². The topological polar surface area (TPSA) is 83.6 Å². The molecule has 0 saturated heterocycles. The van der Waals surface area contributed by atoms with E-state index < -0.39 is 9.84 Å². The second-order valence-electron chi connectivity index (χ2n) is 4.87. The monoisotopic (exact) mass is 336 g/mol. The van der Waals surface area contributed by atoms with Gasteiger partial charge in [-0.1, -0.05) is 6.07 Å². The summed E-state index contributed by atoms with van der Waals surface area (Å²) >= 11 is 1.29. The van der Waals surface area contributed by atoms with Crippen molar-refractivity contribution in [1.82, 2.24) is 0 Å². The maximum Gasteiger partial charge on any atom is 0.268 e. The Labute approximate surface area is 131 Å². The number of thiophene rings is 1. The van der Waals surface area contributed by atoms with E-state index in [1.54, 1.807) is 17.5 Å². The van der Waals surface area contributed by atoms with Gasteiger partial charge in [0.05, 0.1) is 21.1 Å². The van der Waals surface area contributed by atoms with Crippen LogP contribution in [0.15, 0.2) is 40.6 Å². The van der Waals surface area contributed by atoms with Gasteiger partial charge >= 0.3 is 0 Å². The lowest BCUT2D eigenvalue weighted by Crippen LogP contribution is -2.42. The number of hydrogen-bond acceptors (Lipinski definition) is 5. The highest BCUT2D eigenvalue weighted by Gasteiger charge is 2.29. The van der Waals surface area contributed by atoms with Crippen molar-refractivity contribution in [1.29, 1.82) is 0 Å². The summed E-state index contributed by atoms with van der Waals surface area (Å²) in [5, 5.41) is 4.39. The molecule has 1 aliphatic heterocycles. The molecule has 0 fully saturated rings. The second kappa shape index (κ2) is 5.22. The molecule has 0 unspecified atom stereocenters. The zero-order valence-corrected chi connectivity index (χ0v) is 13.2. The molecule has 0 aliphatic carbocycles. The van der Waals surface area contributed by atoms with E-state index >= 15 is 0 Å². The highest BCUT2D eigenvalue weighted by atomic mass is 32.2. The first-order chi connectivity index (χ1) is 10.4. The van der Waals surface area contributed by atoms with Gasteiger partial charge in [0.2, 0.25) is 5.91 Å². The number of rotatable bonds is 2. The van der Waals surface area contributed by atoms with Gasteiger partial charge in [-0.05, 0) is 29.6 Å². The van der Waals surface area contributed by atoms with E-state index in [0.29, 0.717) is 16.3 Å². The third kappa shape index (κ3) is 2.62. The molecule has 1 N–H and O–H groups in total. The van der Waals surface area contributed by atoms with Crippen LogP contribution in [-0.2, 0) is 14.6 Å². The molecule has 0 radical (unpaired) electrons. The molecule has 22 heavy (non-hydrogen) atoms. The van der Waals surface area contributed by atoms with E-state index in [2.05, 4.69) is 5.32 Å². The number of fused-ring (bicyclic) bond motifs is 1. The molecule has 1 aliphatic rings. The van der Waals surface area contributed by atoms with Gasteiger partial charge in [-0.2, -0.15) is 0 Å². The molecule has 114 valence electrons. The van der Waals surface area contributed by atoms with Crippen molar-refractivity contribution in [3.63, 3.8) is 0 Å². The Hall–Kier alpha value is -2.19. The molecule has 2 heterocycles. The number of carbonyl (C=O) groups is 2. The first-order valence-corrected chi connectivity index (χ1v) is 9.13. The molecule has 0 saturated carbocycles. The van der Waals surface area contributed by atoms with Crippen LogP contribution in [0.3, 0.4) is 0 Å². The molecule has 0 atom stereocenters. The largest absolute Gasteiger partial charge is 0.323 e. The quantitative estimate of drug-likeness (QED) is 0.905. The van der Waals surface area contributed by atoms with Crippen molar-refractivity contribution < 1.29 is 18.0 Å². The summed E-state index contributed by atoms with van der Waals surface area (Å²) in [4.78, 5) is 26.3. The van der Waals surface area contributed by atoms with Gasteiger partial charge in [0.25, 0.3) is 5.91 Å². The fraction of sp³-hybridized carbons (Fsp3) is 0.143. The predicted octanol–water partition coefficient (Wildman–Crippen LogP) is 1.75. The first-order valence-electron chi connectivity index (χ1n) is 6.35. The van der Waals surface area contributed by atoms with Crippen LogP contribution in [0.5, 0.6) is 0 Å². The lowest BCUT2D eigenvalue weighted by atomic mass is 10.2. The summed E-state index contributed by atoms with van der Waals surface area (Å²) in [6, 6.07) is 7.78. The third-order valence-corrected chi connectivity index (χ3v) is 5.21. The minimum Gasteiger partial charge on any atom is -0.323 e. The van der Waals surface area contributed by atoms with E-state index in [1.807, 2.05) is 0 Å². The highest BCUT2D eigenvalue weighted by Crippen LogP contribution is 2.33. The number of nitrogens with zero attached hydrogens (tertiary/aromatic N) is 1. The lowest BCUT2D eigenvalue weighted by molar-refractivity contribution is -0.115. The zero-order chi connectivity index (χ0) is 15.9. The van der Waals surface area contributed by atoms with Crippen molar-refractivity contribution in [2.45, 2.75) is 4.90 Å². The van der Waals surface area contributed by atoms with Gasteiger partial charge < -0.3 is 5.32 Å². The zero-order valence-electron chi connectivity index (χ0n) is 11.6. The third-order valence-electron chi connectivity index (χ3n) is 3.24. The Morgan fingerprint density at radius 1 is 1.32 bits per heavy atom. The molecule has 2 aromatic rings. The summed E-state index contributed by atoms with van der Waals surface area (Å²) < 4.78 is 23.2. The van der Waals surface area contributed by atoms with Gasteiger partial charge in [0.1, 0.15) is 6.54 Å². The molecule has 0 bridgehead atoms. The highest BCUT2D eigenvalue weighted by molar-refractivity contribution is 7.90. The number of carbonyl (C=O) groups excluding carboxylic acids is 2. The summed E-state index contributed by atoms with van der Waals surface area (Å²) in [5.41, 5.74) is 0.814. The minimum atomic E-state index is -3.39. The smallest absolute Gasteiger partial charge is 0.268 e. The van der Waals surface area contributed by atoms with E-state index in [9.17, 15) is 18.0 Å². The van der Waals surface area contributed by atoms with Crippen LogP contribution >= 0.6 is 11.3 Å². The standard InChI is InChI=1S/C14H12N2O4S2/c1-22(19,20)9-4-5-11-10(7-9)15-13(17)8-16(11)14(18)12-3-2-6-21-12/h2-7H,8H2,1H3,(H,15,17). The number of hydrogen-bond donors (Lipinski definition) is 1. The summed E-state index contributed by atoms with van der Waals surface area (Å²) in [6.07, 6.45) is 1.09. The molecular weight excluding hydrogens is 324 g/mol. The molecular formula is C14H12N2O4S2. The maximum absolute atomic E-state index is 12.5. The summed E-state index contributed by atoms with van der Waals surface area (Å²) in [6.45, 7) is -0.0953. The van der Waals surface area contributed by atoms with E-state index in [0.717, 1.165) is 6.26 Å². The van der Waals surface area contributed by atoms with E-state index in [1.165, 1.54) is 34.4 Å². The lowest BCUT2D eigenvalue weighted by Gasteiger charge is -2.29. The molecule has 1 aromatic heterocycles. The van der Waals surface area contributed by atoms with Crippen molar-refractivity contribution in [2.24, 2.45) is 0 Å². The van der Waals surface area contributed by atoms with Crippen LogP contribution in [0.4, 0.5) is 11.4 Å². The van der Waals surface area contributed by atoms with Crippen molar-refractivity contribution in [3.05, 3.63) is 40.6 Å². The molecule has 6 nitrogen and oxygen atoms in total. The Morgan fingerprint density at radius 3 is 2.73 bits per heavy atom. The molecule has 1 aromatic carbocycles. The normalized spacial score (nSPS) is 14.4. The van der Waals surface area contributed by atoms with Crippen LogP contribution in [0, 0.1) is 0 Å². The van der Waals surface area contributed by atoms with E-state index in [-0.39, 0.29) is 23.3 Å².